The largest absolute Gasteiger partial charge is 0.511 e. The number of hydrogen-bond donors (Lipinski definition) is 2. The number of hydrazone groups is 1. The lowest BCUT2D eigenvalue weighted by molar-refractivity contribution is -0.117. The Kier molecular flexibility index (Phi) is 4.05. The average molecular weight is 324 g/mol. The number of anilines is 1. The Morgan fingerprint density at radius 1 is 1.29 bits per heavy atom. The first kappa shape index (κ1) is 16.1. The average Bonchev–Trinajstić information content (AvgIpc) is 2.51. The summed E-state index contributed by atoms with van der Waals surface area (Å²) in [6.07, 6.45) is 2.54. The van der Waals surface area contributed by atoms with E-state index < -0.39 is 0 Å². The first-order valence-corrected chi connectivity index (χ1v) is 7.84. The molecule has 0 saturated carbocycles. The minimum atomic E-state index is -0.223. The molecule has 0 unspecified atom stereocenters. The van der Waals surface area contributed by atoms with E-state index >= 15 is 0 Å². The van der Waals surface area contributed by atoms with Gasteiger partial charge in [0.15, 0.2) is 11.6 Å². The molecule has 2 aromatic rings. The Morgan fingerprint density at radius 2 is 2.04 bits per heavy atom. The molecule has 0 fully saturated rings. The van der Waals surface area contributed by atoms with Crippen LogP contribution in [0.15, 0.2) is 46.9 Å². The minimum absolute atomic E-state index is 0.0872. The van der Waals surface area contributed by atoms with Crippen molar-refractivity contribution in [3.63, 3.8) is 0 Å². The summed E-state index contributed by atoms with van der Waals surface area (Å²) in [4.78, 5) is 12.3. The molecule has 1 aliphatic rings. The molecule has 3 rings (SSSR count). The summed E-state index contributed by atoms with van der Waals surface area (Å²) in [5.41, 5.74) is 3.39. The highest BCUT2D eigenvalue weighted by Crippen LogP contribution is 2.36. The van der Waals surface area contributed by atoms with Gasteiger partial charge in [-0.25, -0.2) is 0 Å². The summed E-state index contributed by atoms with van der Waals surface area (Å²) in [7, 11) is 0. The zero-order valence-electron chi connectivity index (χ0n) is 14.0. The minimum Gasteiger partial charge on any atom is -0.511 e. The van der Waals surface area contributed by atoms with Gasteiger partial charge in [0.1, 0.15) is 5.76 Å². The van der Waals surface area contributed by atoms with Gasteiger partial charge in [0.2, 0.25) is 0 Å². The Labute approximate surface area is 140 Å². The molecule has 6 heteroatoms. The van der Waals surface area contributed by atoms with Crippen LogP contribution in [0.2, 0.25) is 0 Å². The Hall–Kier alpha value is -2.76. The second kappa shape index (κ2) is 6.03. The monoisotopic (exact) mass is 324 g/mol. The Morgan fingerprint density at radius 3 is 2.79 bits per heavy atom. The third-order valence-electron chi connectivity index (χ3n) is 4.11. The third kappa shape index (κ3) is 3.13. The van der Waals surface area contributed by atoms with Crippen LogP contribution in [-0.4, -0.2) is 26.8 Å². The number of nitrogens with one attached hydrogen (secondary N) is 1. The highest BCUT2D eigenvalue weighted by molar-refractivity contribution is 6.22. The van der Waals surface area contributed by atoms with Crippen molar-refractivity contribution in [2.45, 2.75) is 33.6 Å². The van der Waals surface area contributed by atoms with Crippen molar-refractivity contribution in [2.24, 2.45) is 10.5 Å². The molecule has 0 spiro atoms. The van der Waals surface area contributed by atoms with Crippen LogP contribution in [0.4, 0.5) is 5.82 Å². The van der Waals surface area contributed by atoms with Gasteiger partial charge in [-0.1, -0.05) is 38.1 Å². The van der Waals surface area contributed by atoms with Crippen molar-refractivity contribution in [1.82, 2.24) is 10.2 Å². The van der Waals surface area contributed by atoms with Gasteiger partial charge in [-0.05, 0) is 12.3 Å². The maximum Gasteiger partial charge on any atom is 0.176 e. The summed E-state index contributed by atoms with van der Waals surface area (Å²) in [5.74, 6) is 0.523. The number of hydrogen-bond acceptors (Lipinski definition) is 6. The highest BCUT2D eigenvalue weighted by Gasteiger charge is 2.34. The third-order valence-corrected chi connectivity index (χ3v) is 4.11. The number of ketones is 1. The van der Waals surface area contributed by atoms with E-state index in [1.54, 1.807) is 13.1 Å². The van der Waals surface area contributed by atoms with Crippen molar-refractivity contribution < 1.29 is 9.90 Å². The number of benzene rings is 1. The number of nitrogens with zero attached hydrogens (tertiary/aromatic N) is 3. The molecule has 1 aliphatic carbocycles. The van der Waals surface area contributed by atoms with Crippen LogP contribution in [-0.2, 0) is 4.79 Å². The van der Waals surface area contributed by atoms with E-state index in [2.05, 4.69) is 20.7 Å². The SMILES string of the molecule is CC(=NNc1nncc2ccccc12)C1=C(O)CC(C)(C)CC1=O. The van der Waals surface area contributed by atoms with E-state index in [1.807, 2.05) is 38.1 Å². The number of Topliss-reactive ketones (excluding diaryl/α,β-unsaturated/α-hetero) is 1. The molecule has 124 valence electrons. The van der Waals surface area contributed by atoms with Crippen molar-refractivity contribution in [1.29, 1.82) is 0 Å². The lowest BCUT2D eigenvalue weighted by Gasteiger charge is -2.29. The summed E-state index contributed by atoms with van der Waals surface area (Å²) < 4.78 is 0. The standard InChI is InChI=1S/C18H20N4O2/c1-11(16-14(23)8-18(2,3)9-15(16)24)20-22-17-13-7-5-4-6-12(13)10-19-21-17/h4-7,10,23H,8-9H2,1-3H3,(H,21,22). The molecular weight excluding hydrogens is 304 g/mol. The zero-order chi connectivity index (χ0) is 17.3. The van der Waals surface area contributed by atoms with Gasteiger partial charge >= 0.3 is 0 Å². The number of carbonyl (C=O) groups is 1. The Bertz CT molecular complexity index is 863. The van der Waals surface area contributed by atoms with Gasteiger partial charge in [-0.3, -0.25) is 10.2 Å². The molecule has 0 bridgehead atoms. The van der Waals surface area contributed by atoms with E-state index in [-0.39, 0.29) is 17.0 Å². The molecule has 0 radical (unpaired) electrons. The molecule has 1 aromatic carbocycles. The number of aliphatic hydroxyl groups excluding tert-OH is 1. The smallest absolute Gasteiger partial charge is 0.176 e. The Balaban J connectivity index is 1.90. The van der Waals surface area contributed by atoms with Crippen LogP contribution in [0.25, 0.3) is 10.8 Å². The fourth-order valence-corrected chi connectivity index (χ4v) is 3.00. The quantitative estimate of drug-likeness (QED) is 0.665. The van der Waals surface area contributed by atoms with Crippen LogP contribution < -0.4 is 5.43 Å². The van der Waals surface area contributed by atoms with E-state index in [9.17, 15) is 9.90 Å². The first-order valence-electron chi connectivity index (χ1n) is 7.84. The van der Waals surface area contributed by atoms with Gasteiger partial charge < -0.3 is 5.11 Å². The molecule has 0 atom stereocenters. The maximum atomic E-state index is 12.3. The number of allylic oxidation sites excluding steroid dienone is 2. The van der Waals surface area contributed by atoms with E-state index in [1.165, 1.54) is 0 Å². The lowest BCUT2D eigenvalue weighted by Crippen LogP contribution is -2.28. The van der Waals surface area contributed by atoms with Crippen molar-refractivity contribution in [3.05, 3.63) is 41.8 Å². The summed E-state index contributed by atoms with van der Waals surface area (Å²) in [5, 5.41) is 24.3. The van der Waals surface area contributed by atoms with Crippen LogP contribution in [0, 0.1) is 5.41 Å². The topological polar surface area (TPSA) is 87.5 Å². The van der Waals surface area contributed by atoms with Crippen LogP contribution in [0.1, 0.15) is 33.6 Å². The summed E-state index contributed by atoms with van der Waals surface area (Å²) in [6.45, 7) is 5.63. The normalized spacial score (nSPS) is 18.1. The molecule has 0 amide bonds. The van der Waals surface area contributed by atoms with Gasteiger partial charge in [-0.2, -0.15) is 10.2 Å². The van der Waals surface area contributed by atoms with E-state index in [0.717, 1.165) is 10.8 Å². The fourth-order valence-electron chi connectivity index (χ4n) is 3.00. The number of aromatic nitrogens is 2. The molecule has 0 aliphatic heterocycles. The number of aliphatic hydroxyl groups is 1. The van der Waals surface area contributed by atoms with Crippen LogP contribution in [0.3, 0.4) is 0 Å². The predicted octanol–water partition coefficient (Wildman–Crippen LogP) is 3.62. The lowest BCUT2D eigenvalue weighted by atomic mass is 9.76. The molecule has 0 saturated heterocycles. The highest BCUT2D eigenvalue weighted by atomic mass is 16.3. The van der Waals surface area contributed by atoms with Gasteiger partial charge in [0.05, 0.1) is 17.5 Å². The molecule has 1 aromatic heterocycles. The molecule has 1 heterocycles. The fraction of sp³-hybridized carbons (Fsp3) is 0.333. The van der Waals surface area contributed by atoms with Crippen LogP contribution >= 0.6 is 0 Å². The molecule has 2 N–H and O–H groups in total. The summed E-state index contributed by atoms with van der Waals surface area (Å²) >= 11 is 0. The van der Waals surface area contributed by atoms with Gasteiger partial charge in [0, 0.05) is 23.6 Å². The van der Waals surface area contributed by atoms with Gasteiger partial charge in [-0.15, -0.1) is 5.10 Å². The van der Waals surface area contributed by atoms with Crippen LogP contribution in [0.5, 0.6) is 0 Å². The molecule has 24 heavy (non-hydrogen) atoms. The van der Waals surface area contributed by atoms with E-state index in [4.69, 9.17) is 0 Å². The van der Waals surface area contributed by atoms with E-state index in [0.29, 0.717) is 29.9 Å². The number of rotatable bonds is 3. The second-order valence-corrected chi connectivity index (χ2v) is 6.85. The number of carbonyl (C=O) groups excluding carboxylic acids is 1. The second-order valence-electron chi connectivity index (χ2n) is 6.85. The van der Waals surface area contributed by atoms with Crippen molar-refractivity contribution in [2.75, 3.05) is 5.43 Å². The summed E-state index contributed by atoms with van der Waals surface area (Å²) in [6, 6.07) is 7.69. The van der Waals surface area contributed by atoms with Crippen molar-refractivity contribution >= 4 is 28.1 Å². The maximum absolute atomic E-state index is 12.3. The molecular formula is C18H20N4O2. The van der Waals surface area contributed by atoms with Crippen molar-refractivity contribution in [3.8, 4) is 0 Å². The molecule has 6 nitrogen and oxygen atoms in total. The van der Waals surface area contributed by atoms with Gasteiger partial charge in [0.25, 0.3) is 0 Å². The first-order chi connectivity index (χ1) is 11.4. The zero-order valence-corrected chi connectivity index (χ0v) is 14.0. The number of fused-ring (bicyclic) bond motifs is 1. The predicted molar refractivity (Wildman–Crippen MR) is 93.9 cm³/mol.